The molecule has 1 unspecified atom stereocenters. The summed E-state index contributed by atoms with van der Waals surface area (Å²) in [6.07, 6.45) is 6.63. The number of nitrogens with zero attached hydrogens (tertiary/aromatic N) is 1. The second-order valence-electron chi connectivity index (χ2n) is 5.33. The van der Waals surface area contributed by atoms with E-state index in [0.29, 0.717) is 19.1 Å². The first-order chi connectivity index (χ1) is 9.80. The maximum atomic E-state index is 6.02. The molecule has 0 bridgehead atoms. The summed E-state index contributed by atoms with van der Waals surface area (Å²) in [5.74, 6) is 0.607. The molecular formula is C15H26N2O2S. The van der Waals surface area contributed by atoms with Gasteiger partial charge in [-0.1, -0.05) is 19.3 Å². The van der Waals surface area contributed by atoms with Crippen LogP contribution in [0.5, 0.6) is 0 Å². The van der Waals surface area contributed by atoms with Crippen LogP contribution in [0.2, 0.25) is 0 Å². The van der Waals surface area contributed by atoms with Crippen LogP contribution in [0.25, 0.3) is 0 Å². The van der Waals surface area contributed by atoms with Gasteiger partial charge in [-0.3, -0.25) is 0 Å². The molecule has 1 atom stereocenters. The predicted molar refractivity (Wildman–Crippen MR) is 81.7 cm³/mol. The Morgan fingerprint density at radius 3 is 2.70 bits per heavy atom. The average molecular weight is 298 g/mol. The minimum atomic E-state index is 0.140. The number of aromatic nitrogens is 1. The standard InChI is InChI=1S/C15H26N2O2S/c1-3-19-14(11-7-5-4-6-8-11)15-17-12(10-18-2)13(9-16)20-15/h11,14H,3-10,16H2,1-2H3. The van der Waals surface area contributed by atoms with Crippen molar-refractivity contribution in [1.29, 1.82) is 0 Å². The summed E-state index contributed by atoms with van der Waals surface area (Å²) >= 11 is 1.70. The Balaban J connectivity index is 2.19. The molecule has 1 aromatic heterocycles. The Hall–Kier alpha value is -0.490. The molecule has 2 N–H and O–H groups in total. The van der Waals surface area contributed by atoms with E-state index in [1.165, 1.54) is 32.1 Å². The molecule has 20 heavy (non-hydrogen) atoms. The summed E-state index contributed by atoms with van der Waals surface area (Å²) in [6.45, 7) is 3.86. The third-order valence-corrected chi connectivity index (χ3v) is 5.11. The van der Waals surface area contributed by atoms with E-state index in [1.807, 2.05) is 0 Å². The third kappa shape index (κ3) is 3.79. The molecule has 0 aliphatic heterocycles. The number of hydrogen-bond acceptors (Lipinski definition) is 5. The molecule has 1 fully saturated rings. The molecule has 1 aromatic rings. The molecule has 1 aliphatic rings. The molecule has 114 valence electrons. The second-order valence-corrected chi connectivity index (χ2v) is 6.45. The van der Waals surface area contributed by atoms with Crippen molar-refractivity contribution in [2.24, 2.45) is 11.7 Å². The summed E-state index contributed by atoms with van der Waals surface area (Å²) in [6, 6.07) is 0. The summed E-state index contributed by atoms with van der Waals surface area (Å²) in [5, 5.41) is 1.09. The molecule has 1 aliphatic carbocycles. The number of thiazole rings is 1. The van der Waals surface area contributed by atoms with Crippen LogP contribution in [0, 0.1) is 5.92 Å². The van der Waals surface area contributed by atoms with E-state index < -0.39 is 0 Å². The fourth-order valence-electron chi connectivity index (χ4n) is 2.96. The number of hydrogen-bond donors (Lipinski definition) is 1. The highest BCUT2D eigenvalue weighted by Crippen LogP contribution is 2.39. The smallest absolute Gasteiger partial charge is 0.122 e. The van der Waals surface area contributed by atoms with Crippen LogP contribution >= 0.6 is 11.3 Å². The highest BCUT2D eigenvalue weighted by molar-refractivity contribution is 7.11. The van der Waals surface area contributed by atoms with E-state index >= 15 is 0 Å². The minimum absolute atomic E-state index is 0.140. The normalized spacial score (nSPS) is 18.4. The molecule has 0 amide bonds. The molecule has 0 radical (unpaired) electrons. The van der Waals surface area contributed by atoms with Gasteiger partial charge in [0.2, 0.25) is 0 Å². The largest absolute Gasteiger partial charge is 0.378 e. The molecule has 2 rings (SSSR count). The first-order valence-electron chi connectivity index (χ1n) is 7.59. The Morgan fingerprint density at radius 2 is 2.10 bits per heavy atom. The van der Waals surface area contributed by atoms with Crippen molar-refractivity contribution in [3.05, 3.63) is 15.6 Å². The lowest BCUT2D eigenvalue weighted by Gasteiger charge is -2.28. The van der Waals surface area contributed by atoms with E-state index in [2.05, 4.69) is 6.92 Å². The van der Waals surface area contributed by atoms with Crippen LogP contribution in [0.1, 0.15) is 60.7 Å². The second kappa shape index (κ2) is 8.08. The van der Waals surface area contributed by atoms with Crippen LogP contribution in [-0.2, 0) is 22.6 Å². The van der Waals surface area contributed by atoms with E-state index in [-0.39, 0.29) is 6.10 Å². The van der Waals surface area contributed by atoms with E-state index in [0.717, 1.165) is 22.2 Å². The number of methoxy groups -OCH3 is 1. The third-order valence-electron chi connectivity index (χ3n) is 3.93. The summed E-state index contributed by atoms with van der Waals surface area (Å²) in [5.41, 5.74) is 6.80. The first-order valence-corrected chi connectivity index (χ1v) is 8.40. The van der Waals surface area contributed by atoms with Crippen molar-refractivity contribution in [2.45, 2.75) is 58.3 Å². The van der Waals surface area contributed by atoms with Gasteiger partial charge in [-0.15, -0.1) is 11.3 Å². The average Bonchev–Trinajstić information content (AvgIpc) is 2.89. The summed E-state index contributed by atoms with van der Waals surface area (Å²) in [4.78, 5) is 5.88. The van der Waals surface area contributed by atoms with Gasteiger partial charge in [-0.05, 0) is 25.7 Å². The van der Waals surface area contributed by atoms with E-state index in [4.69, 9.17) is 20.2 Å². The zero-order valence-corrected chi connectivity index (χ0v) is 13.4. The fourth-order valence-corrected chi connectivity index (χ4v) is 4.05. The van der Waals surface area contributed by atoms with Gasteiger partial charge in [-0.25, -0.2) is 4.98 Å². The Labute approximate surface area is 125 Å². The van der Waals surface area contributed by atoms with Gasteiger partial charge in [0.25, 0.3) is 0 Å². The van der Waals surface area contributed by atoms with Crippen LogP contribution in [0.15, 0.2) is 0 Å². The Kier molecular flexibility index (Phi) is 6.42. The van der Waals surface area contributed by atoms with Crippen molar-refractivity contribution < 1.29 is 9.47 Å². The van der Waals surface area contributed by atoms with Crippen molar-refractivity contribution in [2.75, 3.05) is 13.7 Å². The van der Waals surface area contributed by atoms with Gasteiger partial charge in [0.1, 0.15) is 11.1 Å². The van der Waals surface area contributed by atoms with Gasteiger partial charge in [0.15, 0.2) is 0 Å². The maximum absolute atomic E-state index is 6.02. The number of nitrogens with two attached hydrogens (primary N) is 1. The van der Waals surface area contributed by atoms with Crippen LogP contribution < -0.4 is 5.73 Å². The minimum Gasteiger partial charge on any atom is -0.378 e. The van der Waals surface area contributed by atoms with Crippen LogP contribution in [0.4, 0.5) is 0 Å². The molecule has 0 aromatic carbocycles. The SMILES string of the molecule is CCOC(c1nc(COC)c(CN)s1)C1CCCCC1. The predicted octanol–water partition coefficient (Wildman–Crippen LogP) is 3.41. The lowest BCUT2D eigenvalue weighted by atomic mass is 9.85. The van der Waals surface area contributed by atoms with Crippen LogP contribution in [-0.4, -0.2) is 18.7 Å². The van der Waals surface area contributed by atoms with Gasteiger partial charge in [0, 0.05) is 25.1 Å². The highest BCUT2D eigenvalue weighted by Gasteiger charge is 2.28. The van der Waals surface area contributed by atoms with Crippen molar-refractivity contribution in [3.8, 4) is 0 Å². The van der Waals surface area contributed by atoms with Crippen LogP contribution in [0.3, 0.4) is 0 Å². The lowest BCUT2D eigenvalue weighted by molar-refractivity contribution is 0.00529. The molecule has 5 heteroatoms. The highest BCUT2D eigenvalue weighted by atomic mass is 32.1. The monoisotopic (exact) mass is 298 g/mol. The van der Waals surface area contributed by atoms with E-state index in [9.17, 15) is 0 Å². The molecular weight excluding hydrogens is 272 g/mol. The molecule has 0 saturated heterocycles. The zero-order chi connectivity index (χ0) is 14.4. The van der Waals surface area contributed by atoms with Gasteiger partial charge in [0.05, 0.1) is 12.3 Å². The van der Waals surface area contributed by atoms with Crippen molar-refractivity contribution >= 4 is 11.3 Å². The Morgan fingerprint density at radius 1 is 1.35 bits per heavy atom. The first kappa shape index (κ1) is 15.9. The number of ether oxygens (including phenoxy) is 2. The van der Waals surface area contributed by atoms with Gasteiger partial charge in [-0.2, -0.15) is 0 Å². The quantitative estimate of drug-likeness (QED) is 0.838. The van der Waals surface area contributed by atoms with Crippen molar-refractivity contribution in [1.82, 2.24) is 4.98 Å². The van der Waals surface area contributed by atoms with Gasteiger partial charge < -0.3 is 15.2 Å². The Bertz CT molecular complexity index is 403. The summed E-state index contributed by atoms with van der Waals surface area (Å²) < 4.78 is 11.2. The lowest BCUT2D eigenvalue weighted by Crippen LogP contribution is -2.19. The summed E-state index contributed by atoms with van der Waals surface area (Å²) in [7, 11) is 1.69. The molecule has 1 heterocycles. The van der Waals surface area contributed by atoms with Gasteiger partial charge >= 0.3 is 0 Å². The fraction of sp³-hybridized carbons (Fsp3) is 0.800. The van der Waals surface area contributed by atoms with E-state index in [1.54, 1.807) is 18.4 Å². The molecule has 1 saturated carbocycles. The molecule has 4 nitrogen and oxygen atoms in total. The molecule has 0 spiro atoms. The maximum Gasteiger partial charge on any atom is 0.122 e. The topological polar surface area (TPSA) is 57.4 Å². The van der Waals surface area contributed by atoms with Crippen molar-refractivity contribution in [3.63, 3.8) is 0 Å². The number of rotatable bonds is 7. The zero-order valence-electron chi connectivity index (χ0n) is 12.6.